The molecule has 0 spiro atoms. The third kappa shape index (κ3) is 5.43. The van der Waals surface area contributed by atoms with Crippen molar-refractivity contribution >= 4 is 6.21 Å². The Hall–Kier alpha value is -0.570. The molecule has 3 heteroatoms. The second kappa shape index (κ2) is 5.43. The van der Waals surface area contributed by atoms with Gasteiger partial charge in [-0.2, -0.15) is 0 Å². The number of oxime groups is 1. The van der Waals surface area contributed by atoms with E-state index in [1.807, 2.05) is 0 Å². The standard InChI is InChI=1S/C4H9NO2/c1-6-4-3-5-7-2/h3H,4H2,1-2H3/b5-3-. The highest BCUT2D eigenvalue weighted by Gasteiger charge is 1.67. The molecule has 0 saturated heterocycles. The fourth-order valence-corrected chi connectivity index (χ4v) is 0.180. The minimum atomic E-state index is 0.508. The van der Waals surface area contributed by atoms with E-state index < -0.39 is 0 Å². The number of nitrogens with zero attached hydrogens (tertiary/aromatic N) is 1. The zero-order valence-electron chi connectivity index (χ0n) is 4.55. The van der Waals surface area contributed by atoms with Crippen molar-refractivity contribution in [2.45, 2.75) is 0 Å². The molecule has 0 heterocycles. The Kier molecular flexibility index (Phi) is 4.99. The maximum absolute atomic E-state index is 4.61. The summed E-state index contributed by atoms with van der Waals surface area (Å²) in [6.45, 7) is 0.508. The Morgan fingerprint density at radius 2 is 2.29 bits per heavy atom. The lowest BCUT2D eigenvalue weighted by atomic mass is 10.8. The number of hydrogen-bond acceptors (Lipinski definition) is 3. The van der Waals surface area contributed by atoms with Crippen LogP contribution in [-0.2, 0) is 9.57 Å². The van der Waals surface area contributed by atoms with Gasteiger partial charge in [-0.25, -0.2) is 0 Å². The molecule has 0 aliphatic carbocycles. The van der Waals surface area contributed by atoms with Gasteiger partial charge in [0.2, 0.25) is 0 Å². The van der Waals surface area contributed by atoms with Crippen LogP contribution in [0.1, 0.15) is 0 Å². The van der Waals surface area contributed by atoms with Gasteiger partial charge in [0.15, 0.2) is 0 Å². The highest BCUT2D eigenvalue weighted by Crippen LogP contribution is 1.63. The molecule has 0 fully saturated rings. The van der Waals surface area contributed by atoms with Gasteiger partial charge in [0.25, 0.3) is 0 Å². The van der Waals surface area contributed by atoms with Crippen LogP contribution < -0.4 is 0 Å². The molecule has 0 unspecified atom stereocenters. The molecule has 0 N–H and O–H groups in total. The van der Waals surface area contributed by atoms with Crippen LogP contribution in [-0.4, -0.2) is 27.0 Å². The molecule has 0 radical (unpaired) electrons. The first-order chi connectivity index (χ1) is 3.41. The molecule has 0 aromatic rings. The predicted octanol–water partition coefficient (Wildman–Crippen LogP) is 0.265. The first-order valence-corrected chi connectivity index (χ1v) is 1.95. The van der Waals surface area contributed by atoms with Gasteiger partial charge in [0.1, 0.15) is 7.11 Å². The van der Waals surface area contributed by atoms with Crippen LogP contribution in [0.4, 0.5) is 0 Å². The monoisotopic (exact) mass is 103 g/mol. The van der Waals surface area contributed by atoms with Gasteiger partial charge in [-0.1, -0.05) is 5.16 Å². The SMILES string of the molecule is COC/C=N\OC. The van der Waals surface area contributed by atoms with Crippen LogP contribution in [0.5, 0.6) is 0 Å². The summed E-state index contributed by atoms with van der Waals surface area (Å²) in [5.74, 6) is 0. The van der Waals surface area contributed by atoms with E-state index in [2.05, 4.69) is 14.7 Å². The van der Waals surface area contributed by atoms with Crippen LogP contribution in [0.2, 0.25) is 0 Å². The van der Waals surface area contributed by atoms with Crippen molar-refractivity contribution in [1.29, 1.82) is 0 Å². The lowest BCUT2D eigenvalue weighted by molar-refractivity contribution is 0.204. The lowest BCUT2D eigenvalue weighted by Gasteiger charge is -1.84. The van der Waals surface area contributed by atoms with Gasteiger partial charge < -0.3 is 9.57 Å². The largest absolute Gasteiger partial charge is 0.399 e. The Labute approximate surface area is 42.9 Å². The van der Waals surface area contributed by atoms with Crippen LogP contribution in [0, 0.1) is 0 Å². The molecule has 42 valence electrons. The third-order valence-electron chi connectivity index (χ3n) is 0.421. The van der Waals surface area contributed by atoms with E-state index in [-0.39, 0.29) is 0 Å². The van der Waals surface area contributed by atoms with Gasteiger partial charge in [-0.15, -0.1) is 0 Å². The number of ether oxygens (including phenoxy) is 1. The molecule has 0 bridgehead atoms. The fraction of sp³-hybridized carbons (Fsp3) is 0.750. The smallest absolute Gasteiger partial charge is 0.106 e. The first-order valence-electron chi connectivity index (χ1n) is 1.95. The molecule has 0 rings (SSSR count). The number of hydrogen-bond donors (Lipinski definition) is 0. The van der Waals surface area contributed by atoms with Crippen LogP contribution >= 0.6 is 0 Å². The molecule has 0 amide bonds. The molecule has 0 aromatic heterocycles. The van der Waals surface area contributed by atoms with Crippen molar-refractivity contribution in [3.63, 3.8) is 0 Å². The molecule has 7 heavy (non-hydrogen) atoms. The Morgan fingerprint density at radius 3 is 2.71 bits per heavy atom. The maximum atomic E-state index is 4.61. The van der Waals surface area contributed by atoms with Gasteiger partial charge in [0.05, 0.1) is 12.8 Å². The minimum absolute atomic E-state index is 0.508. The van der Waals surface area contributed by atoms with E-state index in [0.29, 0.717) is 6.61 Å². The van der Waals surface area contributed by atoms with Crippen molar-refractivity contribution < 1.29 is 9.57 Å². The summed E-state index contributed by atoms with van der Waals surface area (Å²) in [6, 6.07) is 0. The van der Waals surface area contributed by atoms with E-state index in [9.17, 15) is 0 Å². The lowest BCUT2D eigenvalue weighted by Crippen LogP contribution is -1.87. The normalized spacial score (nSPS) is 10.0. The summed E-state index contributed by atoms with van der Waals surface area (Å²) in [5, 5.41) is 3.41. The molecule has 0 aromatic carbocycles. The summed E-state index contributed by atoms with van der Waals surface area (Å²) in [5.41, 5.74) is 0. The molecule has 0 atom stereocenters. The van der Waals surface area contributed by atoms with Crippen molar-refractivity contribution in [1.82, 2.24) is 0 Å². The van der Waals surface area contributed by atoms with E-state index >= 15 is 0 Å². The molecule has 3 nitrogen and oxygen atoms in total. The van der Waals surface area contributed by atoms with E-state index in [1.54, 1.807) is 13.3 Å². The van der Waals surface area contributed by atoms with Crippen molar-refractivity contribution in [3.05, 3.63) is 0 Å². The van der Waals surface area contributed by atoms with Crippen molar-refractivity contribution in [2.24, 2.45) is 5.16 Å². The van der Waals surface area contributed by atoms with Crippen LogP contribution in [0.15, 0.2) is 5.16 Å². The van der Waals surface area contributed by atoms with E-state index in [0.717, 1.165) is 0 Å². The summed E-state index contributed by atoms with van der Waals surface area (Å²) in [4.78, 5) is 4.33. The zero-order chi connectivity index (χ0) is 5.54. The van der Waals surface area contributed by atoms with E-state index in [4.69, 9.17) is 0 Å². The molecular weight excluding hydrogens is 94.0 g/mol. The Bertz CT molecular complexity index is 53.7. The second-order valence-electron chi connectivity index (χ2n) is 0.926. The Balaban J connectivity index is 2.78. The summed E-state index contributed by atoms with van der Waals surface area (Å²) in [6.07, 6.45) is 1.54. The fourth-order valence-electron chi connectivity index (χ4n) is 0.180. The molecule has 0 aliphatic heterocycles. The maximum Gasteiger partial charge on any atom is 0.106 e. The number of methoxy groups -OCH3 is 1. The summed E-state index contributed by atoms with van der Waals surface area (Å²) in [7, 11) is 3.09. The van der Waals surface area contributed by atoms with Crippen LogP contribution in [0.25, 0.3) is 0 Å². The van der Waals surface area contributed by atoms with Gasteiger partial charge >= 0.3 is 0 Å². The zero-order valence-corrected chi connectivity index (χ0v) is 4.55. The second-order valence-corrected chi connectivity index (χ2v) is 0.926. The topological polar surface area (TPSA) is 30.8 Å². The average molecular weight is 103 g/mol. The predicted molar refractivity (Wildman–Crippen MR) is 27.4 cm³/mol. The van der Waals surface area contributed by atoms with Gasteiger partial charge in [0, 0.05) is 7.11 Å². The van der Waals surface area contributed by atoms with Gasteiger partial charge in [-0.05, 0) is 0 Å². The first kappa shape index (κ1) is 6.43. The third-order valence-corrected chi connectivity index (χ3v) is 0.421. The average Bonchev–Trinajstić information content (AvgIpc) is 1.69. The summed E-state index contributed by atoms with van der Waals surface area (Å²) < 4.78 is 4.61. The highest BCUT2D eigenvalue weighted by molar-refractivity contribution is 5.57. The quantitative estimate of drug-likeness (QED) is 0.379. The summed E-state index contributed by atoms with van der Waals surface area (Å²) >= 11 is 0. The Morgan fingerprint density at radius 1 is 1.57 bits per heavy atom. The molecular formula is C4H9NO2. The highest BCUT2D eigenvalue weighted by atomic mass is 16.6. The molecule has 0 saturated carbocycles. The van der Waals surface area contributed by atoms with Crippen molar-refractivity contribution in [3.8, 4) is 0 Å². The minimum Gasteiger partial charge on any atom is -0.399 e. The van der Waals surface area contributed by atoms with Crippen LogP contribution in [0.3, 0.4) is 0 Å². The van der Waals surface area contributed by atoms with Gasteiger partial charge in [-0.3, -0.25) is 0 Å². The van der Waals surface area contributed by atoms with Crippen molar-refractivity contribution in [2.75, 3.05) is 20.8 Å². The molecule has 0 aliphatic rings. The van der Waals surface area contributed by atoms with E-state index in [1.165, 1.54) is 7.11 Å². The number of rotatable bonds is 3.